The number of hydrogen-bond donors (Lipinski definition) is 1. The van der Waals surface area contributed by atoms with Gasteiger partial charge in [0.1, 0.15) is 6.04 Å². The molecule has 2 fully saturated rings. The standard InChI is InChI=1S/C27H32N2O5S/c1-4-18(15-30)29-23-25(32)28(22-16(2)9-7-10-17(22)3)13-8-12-27(23)21(24(29)31)20-19(35-27)11-5-6-14-34-26(20)33/h5,7-12,18-21,23,30H,4,6,13-15H2,1-3H3/t18-,19-,20+,21-,23?,27-/m0/s1. The number of aryl methyl sites for hydroxylation is 2. The molecule has 1 spiro atoms. The molecule has 1 aromatic rings. The Labute approximate surface area is 210 Å². The first-order valence-electron chi connectivity index (χ1n) is 12.3. The van der Waals surface area contributed by atoms with Crippen LogP contribution >= 0.6 is 11.8 Å². The lowest BCUT2D eigenvalue weighted by Crippen LogP contribution is -2.56. The van der Waals surface area contributed by atoms with E-state index < -0.39 is 28.7 Å². The topological polar surface area (TPSA) is 87.2 Å². The Morgan fingerprint density at radius 1 is 1.17 bits per heavy atom. The molecule has 5 rings (SSSR count). The lowest BCUT2D eigenvalue weighted by atomic mass is 9.78. The van der Waals surface area contributed by atoms with Crippen LogP contribution in [0.5, 0.6) is 0 Å². The van der Waals surface area contributed by atoms with Gasteiger partial charge in [0.2, 0.25) is 5.91 Å². The first kappa shape index (κ1) is 24.1. The van der Waals surface area contributed by atoms with Crippen molar-refractivity contribution in [2.24, 2.45) is 11.8 Å². The van der Waals surface area contributed by atoms with Crippen LogP contribution in [0.15, 0.2) is 42.5 Å². The van der Waals surface area contributed by atoms with Crippen molar-refractivity contribution in [1.82, 2.24) is 4.90 Å². The number of cyclic esters (lactones) is 1. The van der Waals surface area contributed by atoms with Gasteiger partial charge in [-0.3, -0.25) is 14.4 Å². The largest absolute Gasteiger partial charge is 0.465 e. The number of thioether (sulfide) groups is 1. The number of benzene rings is 1. The molecular formula is C27H32N2O5S. The molecule has 2 saturated heterocycles. The fourth-order valence-electron chi connectivity index (χ4n) is 6.29. The highest BCUT2D eigenvalue weighted by Crippen LogP contribution is 2.61. The highest BCUT2D eigenvalue weighted by Gasteiger charge is 2.71. The maximum Gasteiger partial charge on any atom is 0.311 e. The zero-order valence-corrected chi connectivity index (χ0v) is 21.2. The molecule has 0 aromatic heterocycles. The maximum absolute atomic E-state index is 14.4. The second-order valence-corrected chi connectivity index (χ2v) is 11.3. The number of ether oxygens (including phenoxy) is 1. The summed E-state index contributed by atoms with van der Waals surface area (Å²) in [4.78, 5) is 45.1. The number of para-hydroxylation sites is 1. The van der Waals surface area contributed by atoms with Crippen molar-refractivity contribution in [2.75, 3.05) is 24.7 Å². The SMILES string of the molecule is CC[C@@H](CO)N1C(=O)[C@@H]2[C@@H]3C(=O)OCCC=C[C@@H]3S[C@@]23C=CCN(c2c(C)cccc2C)C(=O)C13. The van der Waals surface area contributed by atoms with Crippen molar-refractivity contribution < 1.29 is 24.2 Å². The summed E-state index contributed by atoms with van der Waals surface area (Å²) in [6.45, 7) is 6.28. The molecule has 0 saturated carbocycles. The predicted octanol–water partition coefficient (Wildman–Crippen LogP) is 2.78. The van der Waals surface area contributed by atoms with Crippen LogP contribution < -0.4 is 4.90 Å². The number of fused-ring (bicyclic) bond motifs is 2. The average Bonchev–Trinajstić information content (AvgIpc) is 3.20. The number of esters is 1. The van der Waals surface area contributed by atoms with Gasteiger partial charge in [0, 0.05) is 17.5 Å². The molecule has 1 unspecified atom stereocenters. The number of likely N-dealkylation sites (tertiary alicyclic amines) is 1. The maximum atomic E-state index is 14.4. The fourth-order valence-corrected chi connectivity index (χ4v) is 8.27. The Hall–Kier alpha value is -2.58. The molecule has 4 aliphatic heterocycles. The highest BCUT2D eigenvalue weighted by atomic mass is 32.2. The Bertz CT molecular complexity index is 1090. The summed E-state index contributed by atoms with van der Waals surface area (Å²) in [5.74, 6) is -2.19. The van der Waals surface area contributed by atoms with Crippen molar-refractivity contribution in [3.05, 3.63) is 53.6 Å². The van der Waals surface area contributed by atoms with E-state index in [1.165, 1.54) is 11.8 Å². The van der Waals surface area contributed by atoms with Gasteiger partial charge in [-0.25, -0.2) is 0 Å². The average molecular weight is 497 g/mol. The molecule has 0 bridgehead atoms. The molecule has 0 aliphatic carbocycles. The Morgan fingerprint density at radius 3 is 2.60 bits per heavy atom. The van der Waals surface area contributed by atoms with Gasteiger partial charge in [0.15, 0.2) is 0 Å². The lowest BCUT2D eigenvalue weighted by molar-refractivity contribution is -0.153. The monoisotopic (exact) mass is 496 g/mol. The van der Waals surface area contributed by atoms with Crippen LogP contribution in [-0.4, -0.2) is 69.6 Å². The summed E-state index contributed by atoms with van der Waals surface area (Å²) in [5, 5.41) is 9.95. The van der Waals surface area contributed by atoms with E-state index in [2.05, 4.69) is 0 Å². The van der Waals surface area contributed by atoms with Crippen LogP contribution in [0.1, 0.15) is 30.9 Å². The van der Waals surface area contributed by atoms with Gasteiger partial charge in [-0.1, -0.05) is 49.4 Å². The van der Waals surface area contributed by atoms with Gasteiger partial charge < -0.3 is 19.6 Å². The van der Waals surface area contributed by atoms with Gasteiger partial charge >= 0.3 is 5.97 Å². The third-order valence-corrected chi connectivity index (χ3v) is 9.59. The van der Waals surface area contributed by atoms with E-state index in [1.54, 1.807) is 9.80 Å². The van der Waals surface area contributed by atoms with Gasteiger partial charge in [-0.05, 0) is 37.8 Å². The van der Waals surface area contributed by atoms with Gasteiger partial charge in [0.25, 0.3) is 5.91 Å². The molecule has 1 aromatic carbocycles. The van der Waals surface area contributed by atoms with Crippen molar-refractivity contribution in [3.63, 3.8) is 0 Å². The van der Waals surface area contributed by atoms with Crippen LogP contribution in [0.2, 0.25) is 0 Å². The van der Waals surface area contributed by atoms with Crippen molar-refractivity contribution in [1.29, 1.82) is 0 Å². The van der Waals surface area contributed by atoms with E-state index in [0.717, 1.165) is 16.8 Å². The quantitative estimate of drug-likeness (QED) is 0.510. The van der Waals surface area contributed by atoms with Gasteiger partial charge in [-0.15, -0.1) is 11.8 Å². The van der Waals surface area contributed by atoms with E-state index in [-0.39, 0.29) is 36.2 Å². The summed E-state index contributed by atoms with van der Waals surface area (Å²) < 4.78 is 4.60. The Morgan fingerprint density at radius 2 is 1.91 bits per heavy atom. The summed E-state index contributed by atoms with van der Waals surface area (Å²) in [6, 6.07) is 4.60. The van der Waals surface area contributed by atoms with Crippen LogP contribution in [0.3, 0.4) is 0 Å². The Kier molecular flexibility index (Phi) is 6.30. The molecule has 35 heavy (non-hydrogen) atoms. The minimum Gasteiger partial charge on any atom is -0.465 e. The van der Waals surface area contributed by atoms with Crippen molar-refractivity contribution in [2.45, 2.75) is 55.7 Å². The fraction of sp³-hybridized carbons (Fsp3) is 0.519. The van der Waals surface area contributed by atoms with Gasteiger partial charge in [0.05, 0.1) is 35.8 Å². The number of aliphatic hydroxyl groups is 1. The van der Waals surface area contributed by atoms with Crippen LogP contribution in [0, 0.1) is 25.7 Å². The number of anilines is 1. The number of amides is 2. The van der Waals surface area contributed by atoms with Crippen LogP contribution in [-0.2, 0) is 19.1 Å². The van der Waals surface area contributed by atoms with E-state index in [4.69, 9.17) is 4.74 Å². The minimum absolute atomic E-state index is 0.172. The number of rotatable bonds is 4. The summed E-state index contributed by atoms with van der Waals surface area (Å²) in [6.07, 6.45) is 9.10. The summed E-state index contributed by atoms with van der Waals surface area (Å²) in [5.41, 5.74) is 2.81. The summed E-state index contributed by atoms with van der Waals surface area (Å²) >= 11 is 1.53. The van der Waals surface area contributed by atoms with E-state index in [9.17, 15) is 19.5 Å². The number of aliphatic hydroxyl groups excluding tert-OH is 1. The molecule has 4 heterocycles. The zero-order valence-electron chi connectivity index (χ0n) is 20.3. The molecule has 186 valence electrons. The minimum atomic E-state index is -0.912. The normalized spacial score (nSPS) is 33.0. The number of nitrogens with zero attached hydrogens (tertiary/aromatic N) is 2. The molecule has 4 aliphatic rings. The molecule has 6 atom stereocenters. The van der Waals surface area contributed by atoms with Gasteiger partial charge in [-0.2, -0.15) is 0 Å². The van der Waals surface area contributed by atoms with Crippen LogP contribution in [0.25, 0.3) is 0 Å². The zero-order chi connectivity index (χ0) is 24.9. The molecule has 8 heteroatoms. The lowest BCUT2D eigenvalue weighted by Gasteiger charge is -2.38. The third kappa shape index (κ3) is 3.56. The van der Waals surface area contributed by atoms with E-state index in [0.29, 0.717) is 19.4 Å². The molecule has 0 radical (unpaired) electrons. The number of hydrogen-bond acceptors (Lipinski definition) is 6. The predicted molar refractivity (Wildman–Crippen MR) is 135 cm³/mol. The second kappa shape index (κ2) is 9.13. The van der Waals surface area contributed by atoms with Crippen molar-refractivity contribution >= 4 is 35.2 Å². The molecule has 1 N–H and O–H groups in total. The third-order valence-electron chi connectivity index (χ3n) is 7.84. The van der Waals surface area contributed by atoms with E-state index in [1.807, 2.05) is 63.3 Å². The molecular weight excluding hydrogens is 464 g/mol. The van der Waals surface area contributed by atoms with Crippen LogP contribution in [0.4, 0.5) is 5.69 Å². The Balaban J connectivity index is 1.68. The number of carbonyl (C=O) groups is 3. The summed E-state index contributed by atoms with van der Waals surface area (Å²) in [7, 11) is 0. The molecule has 2 amide bonds. The number of carbonyl (C=O) groups excluding carboxylic acids is 3. The first-order chi connectivity index (χ1) is 16.9. The molecule has 7 nitrogen and oxygen atoms in total. The first-order valence-corrected chi connectivity index (χ1v) is 13.2. The van der Waals surface area contributed by atoms with E-state index >= 15 is 0 Å². The smallest absolute Gasteiger partial charge is 0.311 e. The van der Waals surface area contributed by atoms with Crippen molar-refractivity contribution in [3.8, 4) is 0 Å². The second-order valence-electron chi connectivity index (χ2n) is 9.81. The highest BCUT2D eigenvalue weighted by molar-refractivity contribution is 8.02.